The average molecular weight is 493 g/mol. The van der Waals surface area contributed by atoms with Crippen LogP contribution in [0.25, 0.3) is 10.4 Å². The van der Waals surface area contributed by atoms with Gasteiger partial charge in [0, 0.05) is 23.5 Å². The van der Waals surface area contributed by atoms with Crippen molar-refractivity contribution in [1.82, 2.24) is 0 Å². The predicted octanol–water partition coefficient (Wildman–Crippen LogP) is -4.98. The van der Waals surface area contributed by atoms with Gasteiger partial charge in [0.05, 0.1) is 43.0 Å². The summed E-state index contributed by atoms with van der Waals surface area (Å²) in [6.45, 7) is -0.206. The number of hydrogen-bond acceptors (Lipinski definition) is 14. The molecule has 1 saturated carbocycles. The molecular weight excluding hydrogens is 456 g/mol. The van der Waals surface area contributed by atoms with Crippen LogP contribution < -0.4 is 28.7 Å². The van der Waals surface area contributed by atoms with Crippen LogP contribution >= 0.6 is 0 Å². The highest BCUT2D eigenvalue weighted by Crippen LogP contribution is 2.30. The molecule has 0 bridgehead atoms. The van der Waals surface area contributed by atoms with Crippen molar-refractivity contribution in [2.45, 2.75) is 98.4 Å². The van der Waals surface area contributed by atoms with E-state index in [1.807, 2.05) is 0 Å². The van der Waals surface area contributed by atoms with Gasteiger partial charge in [-0.3, -0.25) is 0 Å². The molecule has 2 heterocycles. The Balaban J connectivity index is 1.71. The van der Waals surface area contributed by atoms with Crippen LogP contribution in [-0.4, -0.2) is 119 Å². The molecule has 0 spiro atoms. The smallest absolute Gasteiger partial charge is 0.186 e. The van der Waals surface area contributed by atoms with Gasteiger partial charge in [-0.1, -0.05) is 5.11 Å². The van der Waals surface area contributed by atoms with E-state index < -0.39 is 85.6 Å². The summed E-state index contributed by atoms with van der Waals surface area (Å²) in [4.78, 5) is 2.62. The molecular formula is C18H36N8O8. The fourth-order valence-electron chi connectivity index (χ4n) is 4.55. The van der Waals surface area contributed by atoms with E-state index in [2.05, 4.69) is 10.0 Å². The third kappa shape index (κ3) is 5.77. The molecule has 14 atom stereocenters. The first-order valence-corrected chi connectivity index (χ1v) is 11.2. The fraction of sp³-hybridized carbons (Fsp3) is 1.00. The van der Waals surface area contributed by atoms with Crippen LogP contribution in [0.2, 0.25) is 0 Å². The van der Waals surface area contributed by atoms with E-state index in [9.17, 15) is 20.4 Å². The molecule has 34 heavy (non-hydrogen) atoms. The van der Waals surface area contributed by atoms with Crippen molar-refractivity contribution in [3.63, 3.8) is 0 Å². The first kappa shape index (κ1) is 27.4. The highest BCUT2D eigenvalue weighted by atomic mass is 16.7. The number of nitrogens with zero attached hydrogens (tertiary/aromatic N) is 3. The van der Waals surface area contributed by atoms with Gasteiger partial charge in [0.15, 0.2) is 12.6 Å². The van der Waals surface area contributed by atoms with Crippen LogP contribution in [-0.2, 0) is 18.9 Å². The maximum Gasteiger partial charge on any atom is 0.186 e. The first-order valence-electron chi connectivity index (χ1n) is 11.2. The number of hydrogen-bond donors (Lipinski definition) is 9. The number of nitrogens with two attached hydrogens (primary N) is 5. The van der Waals surface area contributed by atoms with E-state index in [4.69, 9.17) is 53.1 Å². The van der Waals surface area contributed by atoms with Crippen LogP contribution in [0.3, 0.4) is 0 Å². The van der Waals surface area contributed by atoms with Crippen molar-refractivity contribution < 1.29 is 39.4 Å². The molecule has 0 unspecified atom stereocenters. The first-order chi connectivity index (χ1) is 16.1. The lowest BCUT2D eigenvalue weighted by Gasteiger charge is -2.47. The average Bonchev–Trinajstić information content (AvgIpc) is 2.79. The van der Waals surface area contributed by atoms with Crippen LogP contribution in [0.5, 0.6) is 0 Å². The zero-order chi connectivity index (χ0) is 25.2. The maximum absolute atomic E-state index is 11.0. The van der Waals surface area contributed by atoms with Gasteiger partial charge in [-0.05, 0) is 18.4 Å². The second-order valence-corrected chi connectivity index (χ2v) is 9.02. The van der Waals surface area contributed by atoms with Gasteiger partial charge >= 0.3 is 0 Å². The van der Waals surface area contributed by atoms with Gasteiger partial charge in [0.25, 0.3) is 0 Å². The molecule has 1 aliphatic carbocycles. The molecule has 3 rings (SSSR count). The van der Waals surface area contributed by atoms with Crippen LogP contribution in [0.15, 0.2) is 5.11 Å². The minimum atomic E-state index is -1.46. The number of aliphatic hydroxyl groups excluding tert-OH is 4. The quantitative estimate of drug-likeness (QED) is 0.0914. The van der Waals surface area contributed by atoms with Crippen molar-refractivity contribution in [2.24, 2.45) is 33.8 Å². The summed E-state index contributed by atoms with van der Waals surface area (Å²) < 4.78 is 22.9. The molecule has 0 radical (unpaired) electrons. The van der Waals surface area contributed by atoms with Crippen molar-refractivity contribution in [3.8, 4) is 0 Å². The van der Waals surface area contributed by atoms with Crippen molar-refractivity contribution in [3.05, 3.63) is 10.4 Å². The summed E-state index contributed by atoms with van der Waals surface area (Å²) in [5, 5.41) is 45.1. The van der Waals surface area contributed by atoms with E-state index >= 15 is 0 Å². The molecule has 3 aliphatic rings. The zero-order valence-electron chi connectivity index (χ0n) is 18.6. The van der Waals surface area contributed by atoms with Gasteiger partial charge in [-0.25, -0.2) is 0 Å². The van der Waals surface area contributed by atoms with Crippen molar-refractivity contribution >= 4 is 0 Å². The maximum atomic E-state index is 11.0. The minimum Gasteiger partial charge on any atom is -0.390 e. The summed E-state index contributed by atoms with van der Waals surface area (Å²) in [5.74, 6) is 0. The molecule has 0 aromatic heterocycles. The summed E-state index contributed by atoms with van der Waals surface area (Å²) in [7, 11) is 0. The third-order valence-corrected chi connectivity index (χ3v) is 6.56. The number of ether oxygens (including phenoxy) is 4. The Morgan fingerprint density at radius 2 is 1.41 bits per heavy atom. The van der Waals surface area contributed by atoms with Gasteiger partial charge in [-0.2, -0.15) is 0 Å². The van der Waals surface area contributed by atoms with Crippen LogP contribution in [0, 0.1) is 0 Å². The molecule has 3 fully saturated rings. The number of aliphatic hydroxyl groups is 4. The molecule has 16 heteroatoms. The highest BCUT2D eigenvalue weighted by Gasteiger charge is 2.50. The predicted molar refractivity (Wildman–Crippen MR) is 115 cm³/mol. The molecule has 2 saturated heterocycles. The van der Waals surface area contributed by atoms with Gasteiger partial charge in [0.2, 0.25) is 0 Å². The lowest BCUT2D eigenvalue weighted by molar-refractivity contribution is -0.311. The molecule has 0 aromatic rings. The summed E-state index contributed by atoms with van der Waals surface area (Å²) in [5.41, 5.74) is 38.5. The summed E-state index contributed by atoms with van der Waals surface area (Å²) >= 11 is 0. The summed E-state index contributed by atoms with van der Waals surface area (Å²) in [6.07, 6.45) is -10.9. The Bertz CT molecular complexity index is 719. The second-order valence-electron chi connectivity index (χ2n) is 9.02. The monoisotopic (exact) mass is 492 g/mol. The number of azide groups is 1. The van der Waals surface area contributed by atoms with E-state index in [1.54, 1.807) is 0 Å². The zero-order valence-corrected chi connectivity index (χ0v) is 18.6. The summed E-state index contributed by atoms with van der Waals surface area (Å²) in [6, 6.07) is -3.34. The van der Waals surface area contributed by atoms with E-state index in [-0.39, 0.29) is 25.9 Å². The Labute approximate surface area is 195 Å². The van der Waals surface area contributed by atoms with Crippen LogP contribution in [0.4, 0.5) is 0 Å². The van der Waals surface area contributed by atoms with E-state index in [1.165, 1.54) is 0 Å². The molecule has 0 amide bonds. The van der Waals surface area contributed by atoms with Crippen molar-refractivity contribution in [1.29, 1.82) is 0 Å². The third-order valence-electron chi connectivity index (χ3n) is 6.56. The largest absolute Gasteiger partial charge is 0.390 e. The van der Waals surface area contributed by atoms with Crippen LogP contribution in [0.1, 0.15) is 12.8 Å². The molecule has 16 nitrogen and oxygen atoms in total. The number of rotatable bonds is 7. The Kier molecular flexibility index (Phi) is 9.41. The van der Waals surface area contributed by atoms with Gasteiger partial charge < -0.3 is 68.0 Å². The van der Waals surface area contributed by atoms with Gasteiger partial charge in [-0.15, -0.1) is 0 Å². The minimum absolute atomic E-state index is 0.0453. The lowest BCUT2D eigenvalue weighted by Crippen LogP contribution is -2.68. The standard InChI is InChI=1S/C18H36N8O8/c19-3-9-8(27)2-7(22)17(31-9)33-15-5(20)1-6(21)16(14(15)30)34-18-13(29)11(23)12(28)10(32-18)4-25-26-24/h5-18,27-30H,1-4,19-23H2/t5-,6+,7+,8-,9+,10-,11+,12-,13-,14-,15+,16-,17+,18-/m0/s1. The normalized spacial score (nSPS) is 49.9. The highest BCUT2D eigenvalue weighted by molar-refractivity contribution is 5.01. The molecule has 0 aromatic carbocycles. The Morgan fingerprint density at radius 1 is 0.824 bits per heavy atom. The second kappa shape index (κ2) is 11.7. The lowest BCUT2D eigenvalue weighted by atomic mass is 9.84. The Hall–Kier alpha value is -1.21. The van der Waals surface area contributed by atoms with Crippen molar-refractivity contribution in [2.75, 3.05) is 13.1 Å². The molecule has 196 valence electrons. The molecule has 2 aliphatic heterocycles. The topological polar surface area (TPSA) is 297 Å². The Morgan fingerprint density at radius 3 is 2.00 bits per heavy atom. The van der Waals surface area contributed by atoms with E-state index in [0.29, 0.717) is 0 Å². The molecule has 14 N–H and O–H groups in total. The fourth-order valence-corrected chi connectivity index (χ4v) is 4.55. The van der Waals surface area contributed by atoms with E-state index in [0.717, 1.165) is 0 Å². The SMILES string of the molecule is [N-]=[N+]=NC[C@@H]1O[C@@H](O[C@@H]2[C@@H](O)[C@H](O[C@H]3O[C@H](CN)[C@@H](O)C[C@H]3N)[C@@H](N)C[C@H]2N)[C@@H](O)[C@H](N)[C@H]1O. The van der Waals surface area contributed by atoms with Gasteiger partial charge in [0.1, 0.15) is 24.4 Å².